The Kier molecular flexibility index (Phi) is 4.52. The molecule has 4 aliphatic rings. The quantitative estimate of drug-likeness (QED) is 0.251. The summed E-state index contributed by atoms with van der Waals surface area (Å²) in [5.74, 6) is 0.110. The minimum atomic E-state index is -1.84. The number of carbonyl (C=O) groups is 2. The van der Waals surface area contributed by atoms with Gasteiger partial charge in [-0.1, -0.05) is 48.5 Å². The summed E-state index contributed by atoms with van der Waals surface area (Å²) >= 11 is -1.84. The summed E-state index contributed by atoms with van der Waals surface area (Å²) in [7, 11) is 1.61. The van der Waals surface area contributed by atoms with Crippen LogP contribution >= 0.6 is 0 Å². The van der Waals surface area contributed by atoms with E-state index in [0.29, 0.717) is 23.3 Å². The zero-order valence-corrected chi connectivity index (χ0v) is 23.7. The van der Waals surface area contributed by atoms with Crippen molar-refractivity contribution in [3.05, 3.63) is 89.5 Å². The van der Waals surface area contributed by atoms with Crippen LogP contribution in [0.3, 0.4) is 0 Å². The number of carbonyl (C=O) groups excluding carboxylic acids is 2. The number of para-hydroxylation sites is 2. The second-order valence-electron chi connectivity index (χ2n) is 11.7. The summed E-state index contributed by atoms with van der Waals surface area (Å²) in [6.07, 6.45) is -0.114. The smallest absolute Gasteiger partial charge is 0.305 e. The number of ether oxygens (including phenoxy) is 1. The van der Waals surface area contributed by atoms with Crippen molar-refractivity contribution in [2.24, 2.45) is 0 Å². The SMILES string of the molecule is COc1ccc(CN2C(=O)c3c(c4c5ccccc5n5c4c4c3c3ccccc3n4[C@@H]3C[C@H]5[C@H]4OS(=O)O[C@H]43)C2=O)cc1. The highest BCUT2D eigenvalue weighted by Crippen LogP contribution is 2.56. The van der Waals surface area contributed by atoms with Gasteiger partial charge in [0.25, 0.3) is 11.8 Å². The fourth-order valence-electron chi connectivity index (χ4n) is 8.18. The molecule has 1 saturated carbocycles. The molecule has 0 radical (unpaired) electrons. The molecule has 1 saturated heterocycles. The fourth-order valence-corrected chi connectivity index (χ4v) is 9.07. The monoisotopic (exact) mass is 589 g/mol. The van der Waals surface area contributed by atoms with Gasteiger partial charge in [-0.2, -0.15) is 4.21 Å². The number of methoxy groups -OCH3 is 1. The average Bonchev–Trinajstić information content (AvgIpc) is 3.78. The Morgan fingerprint density at radius 1 is 0.767 bits per heavy atom. The van der Waals surface area contributed by atoms with Gasteiger partial charge in [-0.15, -0.1) is 0 Å². The topological polar surface area (TPSA) is 92.0 Å². The van der Waals surface area contributed by atoms with Crippen LogP contribution in [0.2, 0.25) is 0 Å². The Hall–Kier alpha value is -4.51. The van der Waals surface area contributed by atoms with Crippen molar-refractivity contribution in [2.45, 2.75) is 37.3 Å². The normalized spacial score (nSPS) is 25.5. The molecule has 9 nitrogen and oxygen atoms in total. The van der Waals surface area contributed by atoms with Crippen LogP contribution in [-0.4, -0.2) is 49.4 Å². The predicted octanol–water partition coefficient (Wildman–Crippen LogP) is 5.57. The second-order valence-corrected chi connectivity index (χ2v) is 12.5. The van der Waals surface area contributed by atoms with Crippen molar-refractivity contribution in [2.75, 3.05) is 7.11 Å². The first-order chi connectivity index (χ1) is 21.0. The van der Waals surface area contributed by atoms with Gasteiger partial charge in [0.1, 0.15) is 18.0 Å². The lowest BCUT2D eigenvalue weighted by Gasteiger charge is -2.22. The van der Waals surface area contributed by atoms with Crippen LogP contribution in [0.15, 0.2) is 72.8 Å². The lowest BCUT2D eigenvalue weighted by Crippen LogP contribution is -2.29. The molecule has 0 N–H and O–H groups in total. The molecule has 6 aromatic rings. The molecule has 4 aromatic carbocycles. The van der Waals surface area contributed by atoms with Crippen LogP contribution in [0.4, 0.5) is 0 Å². The van der Waals surface area contributed by atoms with Crippen LogP contribution in [0.5, 0.6) is 5.75 Å². The maximum atomic E-state index is 14.5. The van der Waals surface area contributed by atoms with Gasteiger partial charge in [0.05, 0.1) is 47.9 Å². The molecule has 5 heterocycles. The summed E-state index contributed by atoms with van der Waals surface area (Å²) in [6.45, 7) is 0.152. The van der Waals surface area contributed by atoms with E-state index >= 15 is 0 Å². The van der Waals surface area contributed by atoms with Crippen LogP contribution in [0, 0.1) is 0 Å². The highest BCUT2D eigenvalue weighted by atomic mass is 32.2. The van der Waals surface area contributed by atoms with Crippen molar-refractivity contribution in [1.82, 2.24) is 14.0 Å². The third kappa shape index (κ3) is 2.82. The Balaban J connectivity index is 1.34. The number of imide groups is 1. The number of hydrogen-bond acceptors (Lipinski definition) is 6. The van der Waals surface area contributed by atoms with Gasteiger partial charge >= 0.3 is 11.4 Å². The predicted molar refractivity (Wildman–Crippen MR) is 160 cm³/mol. The second kappa shape index (κ2) is 8.10. The van der Waals surface area contributed by atoms with Gasteiger partial charge < -0.3 is 13.9 Å². The summed E-state index contributed by atoms with van der Waals surface area (Å²) in [6, 6.07) is 23.2. The van der Waals surface area contributed by atoms with E-state index in [2.05, 4.69) is 21.3 Å². The molecule has 10 heteroatoms. The molecule has 1 aliphatic carbocycles. The maximum absolute atomic E-state index is 14.5. The van der Waals surface area contributed by atoms with Gasteiger partial charge in [0.15, 0.2) is 0 Å². The van der Waals surface area contributed by atoms with Crippen molar-refractivity contribution in [3.63, 3.8) is 0 Å². The highest BCUT2D eigenvalue weighted by Gasteiger charge is 2.56. The minimum absolute atomic E-state index is 0.152. The number of hydrogen-bond donors (Lipinski definition) is 0. The summed E-state index contributed by atoms with van der Waals surface area (Å²) < 4.78 is 34.2. The molecule has 2 fully saturated rings. The van der Waals surface area contributed by atoms with Gasteiger partial charge in [0, 0.05) is 32.6 Å². The molecule has 3 aliphatic heterocycles. The van der Waals surface area contributed by atoms with Crippen molar-refractivity contribution in [3.8, 4) is 5.75 Å². The largest absolute Gasteiger partial charge is 0.497 e. The van der Waals surface area contributed by atoms with E-state index in [0.717, 1.165) is 49.2 Å². The minimum Gasteiger partial charge on any atom is -0.497 e. The first kappa shape index (κ1) is 24.0. The molecule has 2 aromatic heterocycles. The Morgan fingerprint density at radius 2 is 1.28 bits per heavy atom. The molecular weight excluding hydrogens is 566 g/mol. The van der Waals surface area contributed by atoms with Crippen molar-refractivity contribution >= 4 is 66.8 Å². The van der Waals surface area contributed by atoms with Crippen LogP contribution < -0.4 is 4.74 Å². The number of amides is 2. The lowest BCUT2D eigenvalue weighted by molar-refractivity contribution is 0.0643. The highest BCUT2D eigenvalue weighted by molar-refractivity contribution is 7.75. The summed E-state index contributed by atoms with van der Waals surface area (Å²) in [5, 5.41) is 3.37. The first-order valence-corrected chi connectivity index (χ1v) is 15.3. The zero-order valence-electron chi connectivity index (χ0n) is 22.9. The maximum Gasteiger partial charge on any atom is 0.305 e. The third-order valence-corrected chi connectivity index (χ3v) is 10.6. The third-order valence-electron chi connectivity index (χ3n) is 9.82. The molecular formula is C33H23N3O6S. The fraction of sp³-hybridized carbons (Fsp3) is 0.212. The van der Waals surface area contributed by atoms with E-state index < -0.39 is 23.6 Å². The van der Waals surface area contributed by atoms with E-state index in [1.807, 2.05) is 60.7 Å². The Bertz CT molecular complexity index is 2150. The first-order valence-electron chi connectivity index (χ1n) is 14.3. The molecule has 5 atom stereocenters. The number of fused-ring (bicyclic) bond motifs is 11. The van der Waals surface area contributed by atoms with Crippen LogP contribution in [0.1, 0.15) is 44.8 Å². The molecule has 212 valence electrons. The Labute approximate surface area is 247 Å². The number of nitrogens with zero attached hydrogens (tertiary/aromatic N) is 3. The van der Waals surface area contributed by atoms with E-state index in [4.69, 9.17) is 13.1 Å². The molecule has 2 amide bonds. The number of aromatic nitrogens is 2. The average molecular weight is 590 g/mol. The number of benzene rings is 4. The van der Waals surface area contributed by atoms with Gasteiger partial charge in [-0.25, -0.2) is 0 Å². The lowest BCUT2D eigenvalue weighted by atomic mass is 9.96. The molecule has 2 bridgehead atoms. The summed E-state index contributed by atoms with van der Waals surface area (Å²) in [5.41, 5.74) is 5.44. The van der Waals surface area contributed by atoms with Gasteiger partial charge in [-0.3, -0.25) is 22.9 Å². The Morgan fingerprint density at radius 3 is 1.79 bits per heavy atom. The molecule has 10 rings (SSSR count). The van der Waals surface area contributed by atoms with Crippen LogP contribution in [-0.2, 0) is 26.3 Å². The standard InChI is InChI=1S/C33H23N3O6S/c1-40-17-12-10-16(11-13-17)15-34-32(37)26-24-18-6-2-4-8-20(18)35-22-14-23(31-30(22)41-43(39)42-31)36-21-9-5-3-7-19(21)25(27(26)33(34)38)29(36)28(24)35/h2-13,22-23,30-31H,14-15H2,1H3/t22-,23+,30+,31-,43?. The van der Waals surface area contributed by atoms with E-state index in [9.17, 15) is 13.8 Å². The van der Waals surface area contributed by atoms with Crippen molar-refractivity contribution < 1.29 is 26.9 Å². The van der Waals surface area contributed by atoms with Gasteiger partial charge in [-0.05, 0) is 36.2 Å². The molecule has 1 unspecified atom stereocenters. The van der Waals surface area contributed by atoms with E-state index in [-0.39, 0.29) is 30.4 Å². The van der Waals surface area contributed by atoms with Crippen LogP contribution in [0.25, 0.3) is 43.6 Å². The van der Waals surface area contributed by atoms with E-state index in [1.54, 1.807) is 7.11 Å². The zero-order chi connectivity index (χ0) is 28.7. The summed E-state index contributed by atoms with van der Waals surface area (Å²) in [4.78, 5) is 30.3. The number of rotatable bonds is 3. The molecule has 0 spiro atoms. The molecule has 43 heavy (non-hydrogen) atoms. The van der Waals surface area contributed by atoms with Crippen molar-refractivity contribution in [1.29, 1.82) is 0 Å². The van der Waals surface area contributed by atoms with Gasteiger partial charge in [0.2, 0.25) is 0 Å². The van der Waals surface area contributed by atoms with E-state index in [1.165, 1.54) is 4.90 Å².